The first-order valence-corrected chi connectivity index (χ1v) is 5.02. The number of alkyl halides is 4. The molecule has 0 radical (unpaired) electrons. The number of halogens is 5. The van der Waals surface area contributed by atoms with Crippen molar-refractivity contribution < 1.29 is 13.2 Å². The Balaban J connectivity index is 3.21. The molecule has 0 saturated carbocycles. The van der Waals surface area contributed by atoms with Gasteiger partial charge in [0.1, 0.15) is 0 Å². The van der Waals surface area contributed by atoms with Crippen LogP contribution in [0, 0.1) is 13.8 Å². The quantitative estimate of drug-likeness (QED) is 0.634. The summed E-state index contributed by atoms with van der Waals surface area (Å²) in [7, 11) is 0. The standard InChI is InChI=1S/C10H9Cl2F3/c1-5-4-8(11)6(2)3-7(5)9(12)10(13,14)15/h3-4,9H,1-2H3. The Hall–Kier alpha value is -0.410. The molecule has 0 aliphatic heterocycles. The molecule has 1 atom stereocenters. The van der Waals surface area contributed by atoms with Gasteiger partial charge in [-0.05, 0) is 36.6 Å². The molecule has 0 nitrogen and oxygen atoms in total. The highest BCUT2D eigenvalue weighted by atomic mass is 35.5. The number of hydrogen-bond donors (Lipinski definition) is 0. The number of rotatable bonds is 1. The van der Waals surface area contributed by atoms with Crippen molar-refractivity contribution in [2.75, 3.05) is 0 Å². The van der Waals surface area contributed by atoms with Crippen LogP contribution in [-0.2, 0) is 0 Å². The predicted octanol–water partition coefficient (Wildman–Crippen LogP) is 4.80. The van der Waals surface area contributed by atoms with Gasteiger partial charge in [-0.3, -0.25) is 0 Å². The van der Waals surface area contributed by atoms with Crippen LogP contribution in [-0.4, -0.2) is 6.18 Å². The minimum Gasteiger partial charge on any atom is -0.169 e. The van der Waals surface area contributed by atoms with Gasteiger partial charge < -0.3 is 0 Å². The fraction of sp³-hybridized carbons (Fsp3) is 0.400. The minimum atomic E-state index is -4.44. The Kier molecular flexibility index (Phi) is 3.56. The summed E-state index contributed by atoms with van der Waals surface area (Å²) >= 11 is 11.1. The smallest absolute Gasteiger partial charge is 0.169 e. The van der Waals surface area contributed by atoms with Crippen molar-refractivity contribution in [1.82, 2.24) is 0 Å². The van der Waals surface area contributed by atoms with Crippen molar-refractivity contribution in [2.45, 2.75) is 25.4 Å². The van der Waals surface area contributed by atoms with E-state index in [0.29, 0.717) is 16.1 Å². The van der Waals surface area contributed by atoms with Crippen molar-refractivity contribution in [3.05, 3.63) is 33.8 Å². The fourth-order valence-corrected chi connectivity index (χ4v) is 1.71. The van der Waals surface area contributed by atoms with E-state index in [4.69, 9.17) is 23.2 Å². The van der Waals surface area contributed by atoms with Crippen LogP contribution in [0.25, 0.3) is 0 Å². The van der Waals surface area contributed by atoms with Gasteiger partial charge in [0.05, 0.1) is 0 Å². The highest BCUT2D eigenvalue weighted by Crippen LogP contribution is 2.40. The van der Waals surface area contributed by atoms with Crippen LogP contribution in [0.2, 0.25) is 5.02 Å². The first-order chi connectivity index (χ1) is 6.73. The maximum absolute atomic E-state index is 12.4. The first-order valence-electron chi connectivity index (χ1n) is 4.21. The molecular weight excluding hydrogens is 248 g/mol. The van der Waals surface area contributed by atoms with E-state index in [1.54, 1.807) is 13.8 Å². The summed E-state index contributed by atoms with van der Waals surface area (Å²) < 4.78 is 37.1. The molecule has 0 amide bonds. The van der Waals surface area contributed by atoms with Crippen molar-refractivity contribution in [3.63, 3.8) is 0 Å². The Morgan fingerprint density at radius 2 is 1.67 bits per heavy atom. The van der Waals surface area contributed by atoms with Crippen LogP contribution in [0.5, 0.6) is 0 Å². The summed E-state index contributed by atoms with van der Waals surface area (Å²) in [6, 6.07) is 2.87. The summed E-state index contributed by atoms with van der Waals surface area (Å²) in [6.07, 6.45) is -4.44. The summed E-state index contributed by atoms with van der Waals surface area (Å²) in [6.45, 7) is 3.20. The van der Waals surface area contributed by atoms with E-state index in [1.807, 2.05) is 0 Å². The molecule has 1 unspecified atom stereocenters. The third-order valence-corrected chi connectivity index (χ3v) is 3.00. The summed E-state index contributed by atoms with van der Waals surface area (Å²) in [4.78, 5) is 0. The predicted molar refractivity (Wildman–Crippen MR) is 55.6 cm³/mol. The molecule has 5 heteroatoms. The molecule has 15 heavy (non-hydrogen) atoms. The lowest BCUT2D eigenvalue weighted by atomic mass is 10.0. The van der Waals surface area contributed by atoms with Crippen molar-refractivity contribution >= 4 is 23.2 Å². The maximum atomic E-state index is 12.4. The van der Waals surface area contributed by atoms with Gasteiger partial charge in [-0.1, -0.05) is 17.7 Å². The Bertz CT molecular complexity index is 372. The lowest BCUT2D eigenvalue weighted by molar-refractivity contribution is -0.131. The highest BCUT2D eigenvalue weighted by molar-refractivity contribution is 6.31. The topological polar surface area (TPSA) is 0 Å². The monoisotopic (exact) mass is 256 g/mol. The van der Waals surface area contributed by atoms with Gasteiger partial charge in [0, 0.05) is 5.02 Å². The Labute approximate surface area is 96.0 Å². The van der Waals surface area contributed by atoms with E-state index in [9.17, 15) is 13.2 Å². The molecule has 1 aromatic rings. The molecule has 0 bridgehead atoms. The second-order valence-electron chi connectivity index (χ2n) is 3.36. The molecule has 0 fully saturated rings. The van der Waals surface area contributed by atoms with Crippen molar-refractivity contribution in [1.29, 1.82) is 0 Å². The molecular formula is C10H9Cl2F3. The average Bonchev–Trinajstić information content (AvgIpc) is 2.08. The third-order valence-electron chi connectivity index (χ3n) is 2.11. The number of aryl methyl sites for hydroxylation is 2. The molecule has 1 rings (SSSR count). The second kappa shape index (κ2) is 4.22. The van der Waals surface area contributed by atoms with E-state index in [-0.39, 0.29) is 5.56 Å². The highest BCUT2D eigenvalue weighted by Gasteiger charge is 2.40. The van der Waals surface area contributed by atoms with E-state index in [1.165, 1.54) is 12.1 Å². The van der Waals surface area contributed by atoms with Crippen LogP contribution in [0.4, 0.5) is 13.2 Å². The third kappa shape index (κ3) is 2.79. The largest absolute Gasteiger partial charge is 0.408 e. The van der Waals surface area contributed by atoms with Gasteiger partial charge in [-0.15, -0.1) is 11.6 Å². The van der Waals surface area contributed by atoms with Crippen LogP contribution in [0.3, 0.4) is 0 Å². The Morgan fingerprint density at radius 3 is 2.13 bits per heavy atom. The molecule has 0 N–H and O–H groups in total. The van der Waals surface area contributed by atoms with Crippen molar-refractivity contribution in [3.8, 4) is 0 Å². The molecule has 0 aliphatic rings. The minimum absolute atomic E-state index is 0.0612. The van der Waals surface area contributed by atoms with Gasteiger partial charge in [0.2, 0.25) is 0 Å². The van der Waals surface area contributed by atoms with Crippen molar-refractivity contribution in [2.24, 2.45) is 0 Å². The SMILES string of the molecule is Cc1cc(C(Cl)C(F)(F)F)c(C)cc1Cl. The van der Waals surface area contributed by atoms with E-state index >= 15 is 0 Å². The molecule has 0 saturated heterocycles. The number of benzene rings is 1. The lowest BCUT2D eigenvalue weighted by Crippen LogP contribution is -2.16. The average molecular weight is 257 g/mol. The van der Waals surface area contributed by atoms with E-state index in [2.05, 4.69) is 0 Å². The van der Waals surface area contributed by atoms with E-state index < -0.39 is 11.6 Å². The molecule has 0 spiro atoms. The zero-order valence-corrected chi connectivity index (χ0v) is 9.63. The zero-order chi connectivity index (χ0) is 11.8. The van der Waals surface area contributed by atoms with Gasteiger partial charge in [0.15, 0.2) is 5.38 Å². The van der Waals surface area contributed by atoms with Gasteiger partial charge in [-0.25, -0.2) is 0 Å². The zero-order valence-electron chi connectivity index (χ0n) is 8.12. The summed E-state index contributed by atoms with van der Waals surface area (Å²) in [5.41, 5.74) is 1.10. The lowest BCUT2D eigenvalue weighted by Gasteiger charge is -2.17. The van der Waals surface area contributed by atoms with Gasteiger partial charge in [-0.2, -0.15) is 13.2 Å². The molecule has 1 aromatic carbocycles. The normalized spacial score (nSPS) is 14.1. The van der Waals surface area contributed by atoms with Crippen LogP contribution in [0.15, 0.2) is 12.1 Å². The van der Waals surface area contributed by atoms with Crippen LogP contribution < -0.4 is 0 Å². The van der Waals surface area contributed by atoms with E-state index in [0.717, 1.165) is 0 Å². The van der Waals surface area contributed by atoms with Gasteiger partial charge >= 0.3 is 6.18 Å². The molecule has 84 valence electrons. The van der Waals surface area contributed by atoms with Crippen LogP contribution in [0.1, 0.15) is 22.1 Å². The second-order valence-corrected chi connectivity index (χ2v) is 4.21. The summed E-state index contributed by atoms with van der Waals surface area (Å²) in [5.74, 6) is 0. The molecule has 0 aliphatic carbocycles. The summed E-state index contributed by atoms with van der Waals surface area (Å²) in [5, 5.41) is -1.53. The number of hydrogen-bond acceptors (Lipinski definition) is 0. The van der Waals surface area contributed by atoms with Crippen LogP contribution >= 0.6 is 23.2 Å². The first kappa shape index (κ1) is 12.7. The van der Waals surface area contributed by atoms with Gasteiger partial charge in [0.25, 0.3) is 0 Å². The fourth-order valence-electron chi connectivity index (χ4n) is 1.25. The molecule has 0 aromatic heterocycles. The Morgan fingerprint density at radius 1 is 1.13 bits per heavy atom. The molecule has 0 heterocycles. The maximum Gasteiger partial charge on any atom is 0.408 e.